The molecule has 166 valence electrons. The number of rotatable bonds is 9. The Morgan fingerprint density at radius 3 is 2.70 bits per heavy atom. The van der Waals surface area contributed by atoms with Crippen LogP contribution < -0.4 is 10.1 Å². The summed E-state index contributed by atoms with van der Waals surface area (Å²) in [5, 5.41) is 23.5. The molecule has 30 heavy (non-hydrogen) atoms. The van der Waals surface area contributed by atoms with E-state index in [9.17, 15) is 19.8 Å². The molecule has 2 atom stereocenters. The molecule has 2 amide bonds. The summed E-state index contributed by atoms with van der Waals surface area (Å²) in [6.45, 7) is 5.32. The molecule has 2 saturated heterocycles. The number of aliphatic hydroxyl groups is 2. The normalized spacial score (nSPS) is 24.8. The Balaban J connectivity index is 1.39. The molecule has 2 fully saturated rings. The van der Waals surface area contributed by atoms with E-state index in [4.69, 9.17) is 4.74 Å². The highest BCUT2D eigenvalue weighted by atomic mass is 16.5. The highest BCUT2D eigenvalue weighted by molar-refractivity contribution is 5.78. The Hall–Kier alpha value is -2.16. The van der Waals surface area contributed by atoms with Crippen LogP contribution in [0.1, 0.15) is 38.2 Å². The molecule has 8 nitrogen and oxygen atoms in total. The monoisotopic (exact) mass is 419 g/mol. The third-order valence-corrected chi connectivity index (χ3v) is 5.90. The minimum atomic E-state index is -1.28. The number of hydrogen-bond donors (Lipinski definition) is 3. The molecule has 2 heterocycles. The molecular formula is C22H33N3O5. The number of carbonyl (C=O) groups excluding carboxylic acids is 2. The number of ether oxygens (including phenoxy) is 1. The second-order valence-electron chi connectivity index (χ2n) is 8.34. The van der Waals surface area contributed by atoms with Crippen LogP contribution in [0.15, 0.2) is 24.3 Å². The minimum Gasteiger partial charge on any atom is -0.494 e. The first kappa shape index (κ1) is 22.5. The van der Waals surface area contributed by atoms with Gasteiger partial charge in [-0.25, -0.2) is 0 Å². The maximum Gasteiger partial charge on any atom is 0.222 e. The van der Waals surface area contributed by atoms with E-state index in [0.29, 0.717) is 39.1 Å². The zero-order valence-electron chi connectivity index (χ0n) is 17.7. The first-order valence-corrected chi connectivity index (χ1v) is 10.7. The number of nitrogens with one attached hydrogen (secondary N) is 1. The van der Waals surface area contributed by atoms with Crippen LogP contribution in [0.4, 0.5) is 0 Å². The van der Waals surface area contributed by atoms with Crippen molar-refractivity contribution in [2.75, 3.05) is 39.3 Å². The van der Waals surface area contributed by atoms with E-state index in [1.807, 2.05) is 29.2 Å². The van der Waals surface area contributed by atoms with Crippen molar-refractivity contribution in [2.24, 2.45) is 0 Å². The van der Waals surface area contributed by atoms with Gasteiger partial charge in [0.05, 0.1) is 12.7 Å². The average molecular weight is 420 g/mol. The summed E-state index contributed by atoms with van der Waals surface area (Å²) in [5.41, 5.74) is -0.177. The lowest BCUT2D eigenvalue weighted by Gasteiger charge is -2.42. The van der Waals surface area contributed by atoms with Crippen molar-refractivity contribution in [1.29, 1.82) is 0 Å². The van der Waals surface area contributed by atoms with Gasteiger partial charge in [0.1, 0.15) is 11.4 Å². The maximum atomic E-state index is 11.6. The Kier molecular flexibility index (Phi) is 7.69. The van der Waals surface area contributed by atoms with Gasteiger partial charge < -0.3 is 25.2 Å². The van der Waals surface area contributed by atoms with Crippen LogP contribution in [0.25, 0.3) is 0 Å². The molecule has 0 aromatic heterocycles. The zero-order chi connectivity index (χ0) is 21.6. The SMILES string of the molecule is CC(=O)NC[C@]1(O)CCN(Cc2ccc(OCCCN3CCCC3=O)cc2)C[C@H]1O. The van der Waals surface area contributed by atoms with Crippen molar-refractivity contribution >= 4 is 11.8 Å². The molecule has 8 heteroatoms. The van der Waals surface area contributed by atoms with Crippen LogP contribution in [0, 0.1) is 0 Å². The smallest absolute Gasteiger partial charge is 0.222 e. The van der Waals surface area contributed by atoms with Gasteiger partial charge in [-0.2, -0.15) is 0 Å². The van der Waals surface area contributed by atoms with Crippen LogP contribution in [-0.4, -0.2) is 82.9 Å². The van der Waals surface area contributed by atoms with Gasteiger partial charge in [-0.05, 0) is 37.0 Å². The molecule has 1 aromatic carbocycles. The first-order chi connectivity index (χ1) is 14.4. The lowest BCUT2D eigenvalue weighted by atomic mass is 9.88. The number of piperidine rings is 1. The number of aliphatic hydroxyl groups excluding tert-OH is 1. The van der Waals surface area contributed by atoms with E-state index in [-0.39, 0.29) is 18.4 Å². The Morgan fingerprint density at radius 2 is 2.07 bits per heavy atom. The van der Waals surface area contributed by atoms with Crippen molar-refractivity contribution in [1.82, 2.24) is 15.1 Å². The Labute approximate surface area is 177 Å². The highest BCUT2D eigenvalue weighted by Gasteiger charge is 2.40. The Bertz CT molecular complexity index is 726. The second kappa shape index (κ2) is 10.2. The van der Waals surface area contributed by atoms with E-state index < -0.39 is 11.7 Å². The van der Waals surface area contributed by atoms with Crippen molar-refractivity contribution in [2.45, 2.75) is 50.9 Å². The number of β-amino-alcohol motifs (C(OH)–C–C–N with tert-alkyl or cyclic N) is 1. The fraction of sp³-hybridized carbons (Fsp3) is 0.636. The number of carbonyl (C=O) groups is 2. The molecular weight excluding hydrogens is 386 g/mol. The topological polar surface area (TPSA) is 102 Å². The highest BCUT2D eigenvalue weighted by Crippen LogP contribution is 2.24. The van der Waals surface area contributed by atoms with Crippen molar-refractivity contribution in [3.8, 4) is 5.75 Å². The molecule has 0 bridgehead atoms. The van der Waals surface area contributed by atoms with Crippen molar-refractivity contribution in [3.63, 3.8) is 0 Å². The summed E-state index contributed by atoms with van der Waals surface area (Å²) in [6, 6.07) is 7.88. The molecule has 0 radical (unpaired) electrons. The lowest BCUT2D eigenvalue weighted by Crippen LogP contribution is -2.59. The van der Waals surface area contributed by atoms with Crippen molar-refractivity contribution < 1.29 is 24.5 Å². The van der Waals surface area contributed by atoms with E-state index >= 15 is 0 Å². The fourth-order valence-corrected chi connectivity index (χ4v) is 3.99. The number of likely N-dealkylation sites (tertiary alicyclic amines) is 2. The summed E-state index contributed by atoms with van der Waals surface area (Å²) in [6.07, 6.45) is 1.94. The van der Waals surface area contributed by atoms with E-state index in [1.54, 1.807) is 0 Å². The zero-order valence-corrected chi connectivity index (χ0v) is 17.7. The van der Waals surface area contributed by atoms with Gasteiger partial charge in [0.25, 0.3) is 0 Å². The van der Waals surface area contributed by atoms with Crippen LogP contribution in [0.5, 0.6) is 5.75 Å². The summed E-state index contributed by atoms with van der Waals surface area (Å²) < 4.78 is 5.78. The van der Waals surface area contributed by atoms with Crippen LogP contribution >= 0.6 is 0 Å². The first-order valence-electron chi connectivity index (χ1n) is 10.7. The molecule has 2 aliphatic rings. The largest absolute Gasteiger partial charge is 0.494 e. The number of nitrogens with zero attached hydrogens (tertiary/aromatic N) is 2. The summed E-state index contributed by atoms with van der Waals surface area (Å²) >= 11 is 0. The molecule has 0 unspecified atom stereocenters. The molecule has 2 aliphatic heterocycles. The van der Waals surface area contributed by atoms with Gasteiger partial charge in [0, 0.05) is 52.6 Å². The standard InChI is InChI=1S/C22H33N3O5/c1-17(26)23-16-22(29)9-12-24(15-20(22)27)14-18-5-7-19(8-6-18)30-13-3-11-25-10-2-4-21(25)28/h5-8,20,27,29H,2-4,9-16H2,1H3,(H,23,26)/t20-,22-/m1/s1. The van der Waals surface area contributed by atoms with Gasteiger partial charge in [-0.1, -0.05) is 12.1 Å². The molecule has 0 spiro atoms. The van der Waals surface area contributed by atoms with E-state index in [1.165, 1.54) is 6.92 Å². The minimum absolute atomic E-state index is 0.0648. The summed E-state index contributed by atoms with van der Waals surface area (Å²) in [7, 11) is 0. The third kappa shape index (κ3) is 6.17. The van der Waals surface area contributed by atoms with E-state index in [2.05, 4.69) is 10.2 Å². The number of benzene rings is 1. The maximum absolute atomic E-state index is 11.6. The third-order valence-electron chi connectivity index (χ3n) is 5.90. The molecule has 0 saturated carbocycles. The summed E-state index contributed by atoms with van der Waals surface area (Å²) in [5.74, 6) is 0.829. The predicted octanol–water partition coefficient (Wildman–Crippen LogP) is 0.512. The number of amides is 2. The van der Waals surface area contributed by atoms with Crippen LogP contribution in [0.3, 0.4) is 0 Å². The fourth-order valence-electron chi connectivity index (χ4n) is 3.99. The van der Waals surface area contributed by atoms with Gasteiger partial charge in [0.2, 0.25) is 11.8 Å². The number of hydrogen-bond acceptors (Lipinski definition) is 6. The van der Waals surface area contributed by atoms with Gasteiger partial charge in [0.15, 0.2) is 0 Å². The van der Waals surface area contributed by atoms with Crippen LogP contribution in [-0.2, 0) is 16.1 Å². The quantitative estimate of drug-likeness (QED) is 0.504. The predicted molar refractivity (Wildman–Crippen MR) is 112 cm³/mol. The molecule has 3 N–H and O–H groups in total. The van der Waals surface area contributed by atoms with E-state index in [0.717, 1.165) is 37.2 Å². The average Bonchev–Trinajstić information content (AvgIpc) is 3.13. The second-order valence-corrected chi connectivity index (χ2v) is 8.34. The van der Waals surface area contributed by atoms with Crippen molar-refractivity contribution in [3.05, 3.63) is 29.8 Å². The lowest BCUT2D eigenvalue weighted by molar-refractivity contribution is -0.130. The van der Waals surface area contributed by atoms with Gasteiger partial charge in [-0.15, -0.1) is 0 Å². The van der Waals surface area contributed by atoms with Gasteiger partial charge in [-0.3, -0.25) is 14.5 Å². The Morgan fingerprint density at radius 1 is 1.30 bits per heavy atom. The molecule has 0 aliphatic carbocycles. The van der Waals surface area contributed by atoms with Gasteiger partial charge >= 0.3 is 0 Å². The molecule has 3 rings (SSSR count). The van der Waals surface area contributed by atoms with Crippen LogP contribution in [0.2, 0.25) is 0 Å². The molecule has 1 aromatic rings. The summed E-state index contributed by atoms with van der Waals surface area (Å²) in [4.78, 5) is 26.7.